The van der Waals surface area contributed by atoms with Gasteiger partial charge in [0.05, 0.1) is 18.3 Å². The molecule has 0 bridgehead atoms. The number of hydrogen-bond donors (Lipinski definition) is 1. The van der Waals surface area contributed by atoms with Gasteiger partial charge in [0.15, 0.2) is 0 Å². The summed E-state index contributed by atoms with van der Waals surface area (Å²) in [5.41, 5.74) is 0. The van der Waals surface area contributed by atoms with Gasteiger partial charge in [-0.1, -0.05) is 40.0 Å². The number of hydrogen-bond acceptors (Lipinski definition) is 2. The molecule has 1 N–H and O–H groups in total. The van der Waals surface area contributed by atoms with Gasteiger partial charge in [-0.05, 0) is 26.2 Å². The minimum absolute atomic E-state index is 0.0384. The zero-order valence-electron chi connectivity index (χ0n) is 10.8. The Bertz CT molecular complexity index is 136. The fourth-order valence-electron chi connectivity index (χ4n) is 1.89. The first-order valence-corrected chi connectivity index (χ1v) is 6.49. The van der Waals surface area contributed by atoms with Gasteiger partial charge in [0.25, 0.3) is 0 Å². The lowest BCUT2D eigenvalue weighted by molar-refractivity contribution is -0.0791. The van der Waals surface area contributed by atoms with Crippen LogP contribution in [0.25, 0.3) is 0 Å². The Kier molecular flexibility index (Phi) is 9.12. The molecule has 0 amide bonds. The average molecular weight is 216 g/mol. The van der Waals surface area contributed by atoms with E-state index in [0.717, 1.165) is 38.5 Å². The molecule has 15 heavy (non-hydrogen) atoms. The van der Waals surface area contributed by atoms with Crippen LogP contribution in [0.5, 0.6) is 0 Å². The van der Waals surface area contributed by atoms with Crippen LogP contribution < -0.4 is 0 Å². The molecule has 0 heterocycles. The predicted octanol–water partition coefficient (Wildman–Crippen LogP) is 3.52. The van der Waals surface area contributed by atoms with E-state index in [4.69, 9.17) is 4.74 Å². The molecule has 3 atom stereocenters. The van der Waals surface area contributed by atoms with Crippen LogP contribution in [0.15, 0.2) is 0 Å². The van der Waals surface area contributed by atoms with Crippen molar-refractivity contribution in [1.29, 1.82) is 0 Å². The minimum atomic E-state index is -0.283. The molecule has 0 saturated heterocycles. The summed E-state index contributed by atoms with van der Waals surface area (Å²) in [5, 5.41) is 9.93. The highest BCUT2D eigenvalue weighted by Crippen LogP contribution is 2.16. The quantitative estimate of drug-likeness (QED) is 0.639. The maximum atomic E-state index is 9.93. The molecule has 0 aromatic carbocycles. The third-order valence-corrected chi connectivity index (χ3v) is 2.69. The average Bonchev–Trinajstić information content (AvgIpc) is 2.18. The van der Waals surface area contributed by atoms with Crippen molar-refractivity contribution in [3.63, 3.8) is 0 Å². The number of rotatable bonds is 9. The molecule has 0 aromatic rings. The standard InChI is InChI=1S/C13H28O2/c1-5-8-11(4)15-13(10-7-3)12(14)9-6-2/h11-14H,5-10H2,1-4H3. The Labute approximate surface area is 95.0 Å². The van der Waals surface area contributed by atoms with Crippen LogP contribution >= 0.6 is 0 Å². The Morgan fingerprint density at radius 1 is 0.933 bits per heavy atom. The maximum Gasteiger partial charge on any atom is 0.0837 e. The lowest BCUT2D eigenvalue weighted by Gasteiger charge is -2.26. The molecule has 2 heteroatoms. The van der Waals surface area contributed by atoms with E-state index in [0.29, 0.717) is 0 Å². The van der Waals surface area contributed by atoms with Crippen molar-refractivity contribution in [2.45, 2.75) is 84.5 Å². The second-order valence-corrected chi connectivity index (χ2v) is 4.42. The first-order chi connectivity index (χ1) is 7.15. The van der Waals surface area contributed by atoms with Crippen molar-refractivity contribution in [3.05, 3.63) is 0 Å². The van der Waals surface area contributed by atoms with E-state index in [2.05, 4.69) is 27.7 Å². The highest BCUT2D eigenvalue weighted by molar-refractivity contribution is 4.70. The molecule has 0 rings (SSSR count). The van der Waals surface area contributed by atoms with E-state index in [1.165, 1.54) is 0 Å². The van der Waals surface area contributed by atoms with Crippen molar-refractivity contribution in [2.75, 3.05) is 0 Å². The zero-order valence-corrected chi connectivity index (χ0v) is 10.8. The molecule has 0 aliphatic rings. The first-order valence-electron chi connectivity index (χ1n) is 6.49. The summed E-state index contributed by atoms with van der Waals surface area (Å²) < 4.78 is 5.90. The Balaban J connectivity index is 4.01. The highest BCUT2D eigenvalue weighted by atomic mass is 16.5. The van der Waals surface area contributed by atoms with Gasteiger partial charge in [-0.15, -0.1) is 0 Å². The van der Waals surface area contributed by atoms with Gasteiger partial charge in [0.2, 0.25) is 0 Å². The van der Waals surface area contributed by atoms with E-state index in [-0.39, 0.29) is 18.3 Å². The van der Waals surface area contributed by atoms with Crippen LogP contribution in [0.2, 0.25) is 0 Å². The van der Waals surface area contributed by atoms with Crippen molar-refractivity contribution < 1.29 is 9.84 Å². The molecule has 0 aromatic heterocycles. The minimum Gasteiger partial charge on any atom is -0.390 e. The molecular formula is C13H28O2. The fraction of sp³-hybridized carbons (Fsp3) is 1.00. The Hall–Kier alpha value is -0.0800. The van der Waals surface area contributed by atoms with Crippen molar-refractivity contribution >= 4 is 0 Å². The van der Waals surface area contributed by atoms with E-state index in [9.17, 15) is 5.11 Å². The van der Waals surface area contributed by atoms with E-state index >= 15 is 0 Å². The molecular weight excluding hydrogens is 188 g/mol. The molecule has 0 saturated carbocycles. The molecule has 0 fully saturated rings. The third kappa shape index (κ3) is 6.91. The van der Waals surface area contributed by atoms with E-state index in [1.54, 1.807) is 0 Å². The molecule has 92 valence electrons. The monoisotopic (exact) mass is 216 g/mol. The van der Waals surface area contributed by atoms with Crippen molar-refractivity contribution in [3.8, 4) is 0 Å². The second kappa shape index (κ2) is 9.17. The second-order valence-electron chi connectivity index (χ2n) is 4.42. The van der Waals surface area contributed by atoms with Crippen LogP contribution in [0, 0.1) is 0 Å². The molecule has 0 aliphatic heterocycles. The lowest BCUT2D eigenvalue weighted by Crippen LogP contribution is -2.32. The summed E-state index contributed by atoms with van der Waals surface area (Å²) >= 11 is 0. The van der Waals surface area contributed by atoms with Crippen LogP contribution in [-0.4, -0.2) is 23.4 Å². The van der Waals surface area contributed by atoms with Gasteiger partial charge in [0.1, 0.15) is 0 Å². The van der Waals surface area contributed by atoms with Gasteiger partial charge in [-0.2, -0.15) is 0 Å². The normalized spacial score (nSPS) is 17.4. The highest BCUT2D eigenvalue weighted by Gasteiger charge is 2.20. The maximum absolute atomic E-state index is 9.93. The van der Waals surface area contributed by atoms with Crippen LogP contribution in [0.4, 0.5) is 0 Å². The molecule has 2 nitrogen and oxygen atoms in total. The van der Waals surface area contributed by atoms with E-state index < -0.39 is 0 Å². The van der Waals surface area contributed by atoms with Crippen molar-refractivity contribution in [1.82, 2.24) is 0 Å². The smallest absolute Gasteiger partial charge is 0.0837 e. The molecule has 0 spiro atoms. The van der Waals surface area contributed by atoms with E-state index in [1.807, 2.05) is 0 Å². The zero-order chi connectivity index (χ0) is 11.7. The predicted molar refractivity (Wildman–Crippen MR) is 65.1 cm³/mol. The SMILES string of the molecule is CCCC(C)OC(CCC)C(O)CCC. The van der Waals surface area contributed by atoms with Gasteiger partial charge >= 0.3 is 0 Å². The Morgan fingerprint density at radius 3 is 1.93 bits per heavy atom. The van der Waals surface area contributed by atoms with Gasteiger partial charge in [0, 0.05) is 0 Å². The van der Waals surface area contributed by atoms with Crippen LogP contribution in [0.3, 0.4) is 0 Å². The summed E-state index contributed by atoms with van der Waals surface area (Å²) in [5.74, 6) is 0. The Morgan fingerprint density at radius 2 is 1.47 bits per heavy atom. The lowest BCUT2D eigenvalue weighted by atomic mass is 10.0. The van der Waals surface area contributed by atoms with Gasteiger partial charge < -0.3 is 9.84 Å². The van der Waals surface area contributed by atoms with Crippen molar-refractivity contribution in [2.24, 2.45) is 0 Å². The number of aliphatic hydroxyl groups excluding tert-OH is 1. The number of aliphatic hydroxyl groups is 1. The summed E-state index contributed by atoms with van der Waals surface area (Å²) in [6.45, 7) is 8.50. The molecule has 0 radical (unpaired) electrons. The summed E-state index contributed by atoms with van der Waals surface area (Å²) in [6, 6.07) is 0. The topological polar surface area (TPSA) is 29.5 Å². The van der Waals surface area contributed by atoms with Crippen LogP contribution in [0.1, 0.15) is 66.2 Å². The van der Waals surface area contributed by atoms with Gasteiger partial charge in [-0.3, -0.25) is 0 Å². The fourth-order valence-corrected chi connectivity index (χ4v) is 1.89. The molecule has 3 unspecified atom stereocenters. The van der Waals surface area contributed by atoms with Crippen LogP contribution in [-0.2, 0) is 4.74 Å². The largest absolute Gasteiger partial charge is 0.390 e. The van der Waals surface area contributed by atoms with Gasteiger partial charge in [-0.25, -0.2) is 0 Å². The molecule has 0 aliphatic carbocycles. The first kappa shape index (κ1) is 14.9. The summed E-state index contributed by atoms with van der Waals surface area (Å²) in [4.78, 5) is 0. The third-order valence-electron chi connectivity index (χ3n) is 2.69. The number of ether oxygens (including phenoxy) is 1. The summed E-state index contributed by atoms with van der Waals surface area (Å²) in [7, 11) is 0. The summed E-state index contributed by atoms with van der Waals surface area (Å²) in [6.07, 6.45) is 6.17.